The van der Waals surface area contributed by atoms with Crippen molar-refractivity contribution in [1.29, 1.82) is 0 Å². The summed E-state index contributed by atoms with van der Waals surface area (Å²) in [5, 5.41) is 0. The summed E-state index contributed by atoms with van der Waals surface area (Å²) in [5.74, 6) is -0.304. The molecule has 0 saturated carbocycles. The van der Waals surface area contributed by atoms with Crippen molar-refractivity contribution in [3.8, 4) is 0 Å². The van der Waals surface area contributed by atoms with E-state index in [0.29, 0.717) is 6.54 Å². The molecule has 4 heteroatoms. The largest absolute Gasteiger partial charge is 0.315 e. The van der Waals surface area contributed by atoms with Gasteiger partial charge < -0.3 is 9.80 Å². The topological polar surface area (TPSA) is 40.6 Å². The molecule has 1 saturated heterocycles. The van der Waals surface area contributed by atoms with Gasteiger partial charge in [0.05, 0.1) is 5.92 Å². The molecule has 2 amide bonds. The number of amides is 2. The van der Waals surface area contributed by atoms with Gasteiger partial charge in [0.1, 0.15) is 0 Å². The number of para-hydroxylation sites is 2. The van der Waals surface area contributed by atoms with E-state index in [1.807, 2.05) is 60.7 Å². The van der Waals surface area contributed by atoms with Gasteiger partial charge in [-0.2, -0.15) is 0 Å². The predicted molar refractivity (Wildman–Crippen MR) is 86.8 cm³/mol. The van der Waals surface area contributed by atoms with Crippen molar-refractivity contribution < 1.29 is 9.59 Å². The number of anilines is 2. The van der Waals surface area contributed by atoms with E-state index < -0.39 is 0 Å². The molecule has 0 aliphatic carbocycles. The van der Waals surface area contributed by atoms with Gasteiger partial charge >= 0.3 is 0 Å². The summed E-state index contributed by atoms with van der Waals surface area (Å²) in [5.41, 5.74) is 1.70. The molecule has 1 aliphatic heterocycles. The van der Waals surface area contributed by atoms with Crippen LogP contribution in [0, 0.1) is 5.92 Å². The molecule has 0 N–H and O–H groups in total. The predicted octanol–water partition coefficient (Wildman–Crippen LogP) is 2.70. The molecule has 112 valence electrons. The van der Waals surface area contributed by atoms with Gasteiger partial charge in [-0.25, -0.2) is 0 Å². The fraction of sp³-hybridized carbons (Fsp3) is 0.222. The molecule has 3 rings (SSSR count). The summed E-state index contributed by atoms with van der Waals surface area (Å²) in [6, 6.07) is 19.0. The summed E-state index contributed by atoms with van der Waals surface area (Å²) in [4.78, 5) is 28.1. The zero-order valence-electron chi connectivity index (χ0n) is 12.5. The van der Waals surface area contributed by atoms with Crippen LogP contribution >= 0.6 is 0 Å². The molecular formula is C18H18N2O2. The normalized spacial score (nSPS) is 17.6. The quantitative estimate of drug-likeness (QED) is 0.873. The number of nitrogens with zero attached hydrogens (tertiary/aromatic N) is 2. The number of rotatable bonds is 3. The molecule has 0 aromatic heterocycles. The third-order valence-electron chi connectivity index (χ3n) is 4.02. The first-order chi connectivity index (χ1) is 10.7. The highest BCUT2D eigenvalue weighted by Crippen LogP contribution is 2.27. The molecule has 0 bridgehead atoms. The number of carbonyl (C=O) groups excluding carboxylic acids is 2. The zero-order chi connectivity index (χ0) is 15.5. The van der Waals surface area contributed by atoms with Gasteiger partial charge in [0.15, 0.2) is 0 Å². The van der Waals surface area contributed by atoms with E-state index in [1.54, 1.807) is 16.8 Å². The molecule has 1 atom stereocenters. The third-order valence-corrected chi connectivity index (χ3v) is 4.02. The third kappa shape index (κ3) is 2.72. The fourth-order valence-corrected chi connectivity index (χ4v) is 2.78. The Balaban J connectivity index is 1.74. The first kappa shape index (κ1) is 14.3. The molecule has 4 nitrogen and oxygen atoms in total. The lowest BCUT2D eigenvalue weighted by Gasteiger charge is -2.21. The minimum Gasteiger partial charge on any atom is -0.315 e. The Morgan fingerprint density at radius 1 is 1.05 bits per heavy atom. The van der Waals surface area contributed by atoms with E-state index >= 15 is 0 Å². The van der Waals surface area contributed by atoms with Crippen LogP contribution in [0.2, 0.25) is 0 Å². The number of benzene rings is 2. The molecule has 2 aromatic rings. The Morgan fingerprint density at radius 2 is 1.64 bits per heavy atom. The summed E-state index contributed by atoms with van der Waals surface area (Å²) >= 11 is 0. The van der Waals surface area contributed by atoms with Crippen LogP contribution in [0.1, 0.15) is 6.42 Å². The van der Waals surface area contributed by atoms with Crippen LogP contribution in [0.4, 0.5) is 11.4 Å². The minimum atomic E-state index is -0.294. The average molecular weight is 294 g/mol. The van der Waals surface area contributed by atoms with Crippen molar-refractivity contribution in [3.05, 3.63) is 60.7 Å². The second kappa shape index (κ2) is 6.02. The molecule has 0 spiro atoms. The molecule has 22 heavy (non-hydrogen) atoms. The van der Waals surface area contributed by atoms with Crippen molar-refractivity contribution in [2.75, 3.05) is 23.4 Å². The smallest absolute Gasteiger partial charge is 0.232 e. The average Bonchev–Trinajstić information content (AvgIpc) is 2.97. The minimum absolute atomic E-state index is 0.00557. The first-order valence-electron chi connectivity index (χ1n) is 7.35. The Bertz CT molecular complexity index is 670. The van der Waals surface area contributed by atoms with Crippen molar-refractivity contribution in [1.82, 2.24) is 0 Å². The summed E-state index contributed by atoms with van der Waals surface area (Å²) in [6.45, 7) is 0.443. The number of hydrogen-bond acceptors (Lipinski definition) is 2. The standard InChI is InChI=1S/C18H18N2O2/c1-19(15-8-4-2-5-9-15)18(22)14-12-17(21)20(13-14)16-10-6-3-7-11-16/h2-11,14H,12-13H2,1H3. The highest BCUT2D eigenvalue weighted by molar-refractivity contribution is 6.04. The second-order valence-corrected chi connectivity index (χ2v) is 5.47. The molecular weight excluding hydrogens is 276 g/mol. The monoisotopic (exact) mass is 294 g/mol. The summed E-state index contributed by atoms with van der Waals surface area (Å²) < 4.78 is 0. The van der Waals surface area contributed by atoms with E-state index in [4.69, 9.17) is 0 Å². The molecule has 1 heterocycles. The molecule has 1 aliphatic rings. The van der Waals surface area contributed by atoms with Crippen molar-refractivity contribution in [3.63, 3.8) is 0 Å². The fourth-order valence-electron chi connectivity index (χ4n) is 2.78. The Labute approximate surface area is 130 Å². The lowest BCUT2D eigenvalue weighted by Crippen LogP contribution is -2.34. The molecule has 1 fully saturated rings. The highest BCUT2D eigenvalue weighted by Gasteiger charge is 2.36. The van der Waals surface area contributed by atoms with Crippen LogP contribution in [-0.4, -0.2) is 25.4 Å². The maximum Gasteiger partial charge on any atom is 0.232 e. The molecule has 0 radical (unpaired) electrons. The van der Waals surface area contributed by atoms with Crippen molar-refractivity contribution in [2.45, 2.75) is 6.42 Å². The van der Waals surface area contributed by atoms with E-state index in [2.05, 4.69) is 0 Å². The van der Waals surface area contributed by atoms with Crippen molar-refractivity contribution in [2.24, 2.45) is 5.92 Å². The maximum atomic E-state index is 12.6. The van der Waals surface area contributed by atoms with Crippen LogP contribution in [0.15, 0.2) is 60.7 Å². The van der Waals surface area contributed by atoms with E-state index in [1.165, 1.54) is 0 Å². The van der Waals surface area contributed by atoms with Gasteiger partial charge in [0.25, 0.3) is 0 Å². The Kier molecular flexibility index (Phi) is 3.92. The van der Waals surface area contributed by atoms with Gasteiger partial charge in [-0.1, -0.05) is 36.4 Å². The number of carbonyl (C=O) groups is 2. The van der Waals surface area contributed by atoms with Crippen LogP contribution in [0.3, 0.4) is 0 Å². The highest BCUT2D eigenvalue weighted by atomic mass is 16.2. The van der Waals surface area contributed by atoms with Gasteiger partial charge in [0.2, 0.25) is 11.8 Å². The van der Waals surface area contributed by atoms with Crippen LogP contribution in [-0.2, 0) is 9.59 Å². The molecule has 2 aromatic carbocycles. The zero-order valence-corrected chi connectivity index (χ0v) is 12.5. The lowest BCUT2D eigenvalue weighted by molar-refractivity contribution is -0.124. The Hall–Kier alpha value is -2.62. The number of hydrogen-bond donors (Lipinski definition) is 0. The van der Waals surface area contributed by atoms with Gasteiger partial charge in [-0.15, -0.1) is 0 Å². The second-order valence-electron chi connectivity index (χ2n) is 5.47. The SMILES string of the molecule is CN(C(=O)C1CC(=O)N(c2ccccc2)C1)c1ccccc1. The lowest BCUT2D eigenvalue weighted by atomic mass is 10.1. The maximum absolute atomic E-state index is 12.6. The van der Waals surface area contributed by atoms with E-state index in [-0.39, 0.29) is 24.2 Å². The van der Waals surface area contributed by atoms with Crippen molar-refractivity contribution >= 4 is 23.2 Å². The summed E-state index contributed by atoms with van der Waals surface area (Å²) in [6.07, 6.45) is 0.269. The van der Waals surface area contributed by atoms with E-state index in [9.17, 15) is 9.59 Å². The molecule has 1 unspecified atom stereocenters. The van der Waals surface area contributed by atoms with Crippen LogP contribution in [0.5, 0.6) is 0 Å². The van der Waals surface area contributed by atoms with Gasteiger partial charge in [-0.05, 0) is 24.3 Å². The van der Waals surface area contributed by atoms with Gasteiger partial charge in [-0.3, -0.25) is 9.59 Å². The van der Waals surface area contributed by atoms with E-state index in [0.717, 1.165) is 11.4 Å². The van der Waals surface area contributed by atoms with Crippen LogP contribution in [0.25, 0.3) is 0 Å². The van der Waals surface area contributed by atoms with Gasteiger partial charge in [0, 0.05) is 31.4 Å². The Morgan fingerprint density at radius 3 is 2.27 bits per heavy atom. The first-order valence-corrected chi connectivity index (χ1v) is 7.35. The summed E-state index contributed by atoms with van der Waals surface area (Å²) in [7, 11) is 1.76. The van der Waals surface area contributed by atoms with Crippen LogP contribution < -0.4 is 9.80 Å².